The first-order valence-electron chi connectivity index (χ1n) is 11.2. The number of nitriles is 1. The summed E-state index contributed by atoms with van der Waals surface area (Å²) in [5.74, 6) is 0.687. The first-order chi connectivity index (χ1) is 16.9. The van der Waals surface area contributed by atoms with Gasteiger partial charge in [0, 0.05) is 37.4 Å². The maximum atomic E-state index is 13.2. The number of hydrogen-bond acceptors (Lipinski definition) is 5. The highest BCUT2D eigenvalue weighted by atomic mass is 32.2. The molecule has 1 aliphatic rings. The molecule has 0 N–H and O–H groups in total. The Kier molecular flexibility index (Phi) is 5.84. The van der Waals surface area contributed by atoms with Crippen LogP contribution < -0.4 is 0 Å². The minimum atomic E-state index is -3.68. The Hall–Kier alpha value is -4.00. The summed E-state index contributed by atoms with van der Waals surface area (Å²) >= 11 is 0. The van der Waals surface area contributed by atoms with Crippen molar-refractivity contribution >= 4 is 27.0 Å². The molecule has 0 atom stereocenters. The summed E-state index contributed by atoms with van der Waals surface area (Å²) in [5.41, 5.74) is 3.59. The maximum Gasteiger partial charge on any atom is 0.254 e. The average Bonchev–Trinajstić information content (AvgIpc) is 3.23. The van der Waals surface area contributed by atoms with Gasteiger partial charge in [-0.3, -0.25) is 9.36 Å². The summed E-state index contributed by atoms with van der Waals surface area (Å²) in [6.45, 7) is 2.94. The van der Waals surface area contributed by atoms with Gasteiger partial charge in [0.15, 0.2) is 0 Å². The molecule has 9 heteroatoms. The first kappa shape index (κ1) is 22.8. The number of aromatic nitrogens is 2. The number of hydrogen-bond donors (Lipinski definition) is 0. The van der Waals surface area contributed by atoms with E-state index >= 15 is 0 Å². The summed E-state index contributed by atoms with van der Waals surface area (Å²) in [6.07, 6.45) is 0. The van der Waals surface area contributed by atoms with Crippen molar-refractivity contribution in [1.82, 2.24) is 18.8 Å². The molecule has 0 spiro atoms. The van der Waals surface area contributed by atoms with Crippen molar-refractivity contribution in [2.45, 2.75) is 11.8 Å². The molecule has 3 aromatic carbocycles. The molecule has 0 aliphatic carbocycles. The van der Waals surface area contributed by atoms with Gasteiger partial charge in [-0.25, -0.2) is 13.4 Å². The smallest absolute Gasteiger partial charge is 0.254 e. The minimum Gasteiger partial charge on any atom is -0.336 e. The Morgan fingerprint density at radius 1 is 0.943 bits per heavy atom. The molecule has 1 fully saturated rings. The third kappa shape index (κ3) is 4.18. The number of rotatable bonds is 4. The number of nitrogens with zero attached hydrogens (tertiary/aromatic N) is 5. The number of benzene rings is 3. The largest absolute Gasteiger partial charge is 0.336 e. The second-order valence-electron chi connectivity index (χ2n) is 8.37. The summed E-state index contributed by atoms with van der Waals surface area (Å²) in [5, 5.41) is 8.93. The number of aryl methyl sites for hydroxylation is 1. The molecule has 35 heavy (non-hydrogen) atoms. The lowest BCUT2D eigenvalue weighted by atomic mass is 10.1. The number of imidazole rings is 1. The predicted molar refractivity (Wildman–Crippen MR) is 132 cm³/mol. The number of sulfonamides is 1. The van der Waals surface area contributed by atoms with Crippen molar-refractivity contribution in [3.63, 3.8) is 0 Å². The molecule has 1 amide bonds. The van der Waals surface area contributed by atoms with Crippen LogP contribution in [0, 0.1) is 18.3 Å². The number of piperazine rings is 1. The van der Waals surface area contributed by atoms with Crippen LogP contribution in [0.25, 0.3) is 16.7 Å². The molecule has 1 aromatic heterocycles. The van der Waals surface area contributed by atoms with Crippen molar-refractivity contribution in [2.75, 3.05) is 26.2 Å². The lowest BCUT2D eigenvalue weighted by Gasteiger charge is -2.34. The van der Waals surface area contributed by atoms with E-state index < -0.39 is 10.0 Å². The van der Waals surface area contributed by atoms with Crippen LogP contribution in [0.15, 0.2) is 77.7 Å². The van der Waals surface area contributed by atoms with Gasteiger partial charge in [0.25, 0.3) is 5.91 Å². The van der Waals surface area contributed by atoms with Crippen LogP contribution in [-0.4, -0.2) is 59.3 Å². The second kappa shape index (κ2) is 8.98. The zero-order chi connectivity index (χ0) is 24.6. The first-order valence-corrected chi connectivity index (χ1v) is 12.7. The molecule has 8 nitrogen and oxygen atoms in total. The van der Waals surface area contributed by atoms with Gasteiger partial charge in [-0.2, -0.15) is 9.57 Å². The third-order valence-electron chi connectivity index (χ3n) is 6.23. The fourth-order valence-corrected chi connectivity index (χ4v) is 5.82. The molecule has 1 saturated heterocycles. The topological polar surface area (TPSA) is 99.3 Å². The van der Waals surface area contributed by atoms with Crippen LogP contribution in [0.2, 0.25) is 0 Å². The van der Waals surface area contributed by atoms with Gasteiger partial charge in [-0.15, -0.1) is 0 Å². The van der Waals surface area contributed by atoms with E-state index in [1.807, 2.05) is 49.4 Å². The number of fused-ring (bicyclic) bond motifs is 1. The zero-order valence-electron chi connectivity index (χ0n) is 19.1. The summed E-state index contributed by atoms with van der Waals surface area (Å²) < 4.78 is 29.4. The van der Waals surface area contributed by atoms with Gasteiger partial charge in [0.1, 0.15) is 5.82 Å². The third-order valence-corrected chi connectivity index (χ3v) is 8.14. The van der Waals surface area contributed by atoms with Crippen molar-refractivity contribution in [1.29, 1.82) is 5.26 Å². The number of carbonyl (C=O) groups is 1. The van der Waals surface area contributed by atoms with Gasteiger partial charge in [-0.1, -0.05) is 18.2 Å². The predicted octanol–water partition coefficient (Wildman–Crippen LogP) is 3.35. The van der Waals surface area contributed by atoms with E-state index in [9.17, 15) is 13.2 Å². The van der Waals surface area contributed by atoms with Crippen molar-refractivity contribution in [2.24, 2.45) is 0 Å². The molecular weight excluding hydrogens is 462 g/mol. The molecule has 1 aliphatic heterocycles. The Balaban J connectivity index is 1.32. The number of carbonyl (C=O) groups excluding carboxylic acids is 1. The Morgan fingerprint density at radius 3 is 2.29 bits per heavy atom. The van der Waals surface area contributed by atoms with E-state index in [-0.39, 0.29) is 23.9 Å². The number of para-hydroxylation sites is 1. The van der Waals surface area contributed by atoms with Gasteiger partial charge >= 0.3 is 0 Å². The van der Waals surface area contributed by atoms with Crippen LogP contribution in [0.4, 0.5) is 0 Å². The van der Waals surface area contributed by atoms with Gasteiger partial charge in [-0.05, 0) is 61.5 Å². The normalized spacial score (nSPS) is 14.7. The van der Waals surface area contributed by atoms with Crippen molar-refractivity contribution in [3.05, 3.63) is 89.7 Å². The molecule has 176 valence electrons. The van der Waals surface area contributed by atoms with Crippen LogP contribution >= 0.6 is 0 Å². The Bertz CT molecular complexity index is 1550. The molecule has 2 heterocycles. The van der Waals surface area contributed by atoms with Crippen LogP contribution in [0.5, 0.6) is 0 Å². The van der Waals surface area contributed by atoms with Crippen LogP contribution in [-0.2, 0) is 10.0 Å². The molecular formula is C26H23N5O3S. The molecule has 0 bridgehead atoms. The van der Waals surface area contributed by atoms with E-state index in [1.165, 1.54) is 28.6 Å². The van der Waals surface area contributed by atoms with E-state index in [0.717, 1.165) is 22.5 Å². The van der Waals surface area contributed by atoms with Gasteiger partial charge in [0.2, 0.25) is 10.0 Å². The lowest BCUT2D eigenvalue weighted by molar-refractivity contribution is 0.0698. The average molecular weight is 486 g/mol. The molecule has 0 saturated carbocycles. The summed E-state index contributed by atoms with van der Waals surface area (Å²) in [6, 6.07) is 23.3. The monoisotopic (exact) mass is 485 g/mol. The molecule has 4 aromatic rings. The highest BCUT2D eigenvalue weighted by Gasteiger charge is 2.30. The molecule has 5 rings (SSSR count). The fraction of sp³-hybridized carbons (Fsp3) is 0.192. The van der Waals surface area contributed by atoms with E-state index in [2.05, 4.69) is 9.55 Å². The highest BCUT2D eigenvalue weighted by molar-refractivity contribution is 7.89. The second-order valence-corrected chi connectivity index (χ2v) is 10.3. The lowest BCUT2D eigenvalue weighted by Crippen LogP contribution is -2.50. The van der Waals surface area contributed by atoms with Crippen LogP contribution in [0.3, 0.4) is 0 Å². The van der Waals surface area contributed by atoms with Crippen molar-refractivity contribution < 1.29 is 13.2 Å². The van der Waals surface area contributed by atoms with Crippen molar-refractivity contribution in [3.8, 4) is 11.8 Å². The van der Waals surface area contributed by atoms with E-state index in [1.54, 1.807) is 17.0 Å². The quantitative estimate of drug-likeness (QED) is 0.441. The molecule has 0 radical (unpaired) electrons. The minimum absolute atomic E-state index is 0.144. The summed E-state index contributed by atoms with van der Waals surface area (Å²) in [7, 11) is -3.68. The maximum absolute atomic E-state index is 13.2. The standard InChI is InChI=1S/C26H23N5O3S/c1-19-28-24-17-21(9-12-25(24)31(19)22-5-3-2-4-6-22)26(32)29-13-15-30(16-14-29)35(33,34)23-10-7-20(18-27)8-11-23/h2-12,17H,13-16H2,1H3. The Labute approximate surface area is 203 Å². The van der Waals surface area contributed by atoms with Crippen LogP contribution in [0.1, 0.15) is 21.7 Å². The van der Waals surface area contributed by atoms with Gasteiger partial charge in [0.05, 0.1) is 27.6 Å². The van der Waals surface area contributed by atoms with E-state index in [4.69, 9.17) is 5.26 Å². The Morgan fingerprint density at radius 2 is 1.63 bits per heavy atom. The number of amides is 1. The zero-order valence-corrected chi connectivity index (χ0v) is 19.9. The highest BCUT2D eigenvalue weighted by Crippen LogP contribution is 2.24. The van der Waals surface area contributed by atoms with Gasteiger partial charge < -0.3 is 4.90 Å². The SMILES string of the molecule is Cc1nc2cc(C(=O)N3CCN(S(=O)(=O)c4ccc(C#N)cc4)CC3)ccc2n1-c1ccccc1. The summed E-state index contributed by atoms with van der Waals surface area (Å²) in [4.78, 5) is 19.7. The molecule has 0 unspecified atom stereocenters. The fourth-order valence-electron chi connectivity index (χ4n) is 4.40. The van der Waals surface area contributed by atoms with E-state index in [0.29, 0.717) is 24.2 Å².